The number of fused-ring (bicyclic) bond motifs is 1. The number of esters is 2. The molecule has 0 aromatic heterocycles. The van der Waals surface area contributed by atoms with E-state index in [1.54, 1.807) is 6.07 Å². The smallest absolute Gasteiger partial charge is 0.337 e. The molecule has 56 heavy (non-hydrogen) atoms. The van der Waals surface area contributed by atoms with Crippen LogP contribution < -0.4 is 4.74 Å². The van der Waals surface area contributed by atoms with Crippen LogP contribution in [0.2, 0.25) is 0 Å². The van der Waals surface area contributed by atoms with Crippen LogP contribution in [0.3, 0.4) is 0 Å². The first kappa shape index (κ1) is 40.6. The number of hydrogen-bond donors (Lipinski definition) is 0. The fourth-order valence-corrected chi connectivity index (χ4v) is 7.11. The first-order valence-corrected chi connectivity index (χ1v) is 19.5. The lowest BCUT2D eigenvalue weighted by Gasteiger charge is -2.46. The quantitative estimate of drug-likeness (QED) is 0.0603. The third-order valence-corrected chi connectivity index (χ3v) is 9.94. The molecule has 5 atom stereocenters. The molecule has 1 heterocycles. The zero-order valence-corrected chi connectivity index (χ0v) is 32.5. The molecule has 294 valence electrons. The van der Waals surface area contributed by atoms with Gasteiger partial charge in [-0.1, -0.05) is 103 Å². The molecule has 1 saturated heterocycles. The highest BCUT2D eigenvalue weighted by Gasteiger charge is 2.48. The minimum Gasteiger partial charge on any atom is -0.493 e. The van der Waals surface area contributed by atoms with E-state index in [1.165, 1.54) is 7.11 Å². The van der Waals surface area contributed by atoms with Crippen molar-refractivity contribution in [2.45, 2.75) is 89.9 Å². The van der Waals surface area contributed by atoms with Crippen LogP contribution in [-0.2, 0) is 53.0 Å². The topological polar surface area (TPSA) is 98.8 Å². The van der Waals surface area contributed by atoms with Crippen LogP contribution >= 0.6 is 0 Å². The average Bonchev–Trinajstić information content (AvgIpc) is 3.23. The van der Waals surface area contributed by atoms with E-state index in [2.05, 4.69) is 0 Å². The van der Waals surface area contributed by atoms with Crippen molar-refractivity contribution >= 4 is 22.7 Å². The van der Waals surface area contributed by atoms with Gasteiger partial charge < -0.3 is 33.2 Å². The van der Waals surface area contributed by atoms with E-state index in [-0.39, 0.29) is 5.97 Å². The Labute approximate surface area is 329 Å². The maximum Gasteiger partial charge on any atom is 0.337 e. The Morgan fingerprint density at radius 3 is 1.84 bits per heavy atom. The zero-order chi connectivity index (χ0) is 39.1. The van der Waals surface area contributed by atoms with E-state index in [1.807, 2.05) is 129 Å². The Kier molecular flexibility index (Phi) is 15.0. The lowest BCUT2D eigenvalue weighted by atomic mass is 9.87. The Balaban J connectivity index is 1.38. The predicted molar refractivity (Wildman–Crippen MR) is 214 cm³/mol. The molecular formula is C47H52O9. The number of hydrogen-bond acceptors (Lipinski definition) is 9. The largest absolute Gasteiger partial charge is 0.493 e. The van der Waals surface area contributed by atoms with Crippen molar-refractivity contribution in [3.8, 4) is 5.75 Å². The van der Waals surface area contributed by atoms with Crippen molar-refractivity contribution in [2.75, 3.05) is 20.3 Å². The average molecular weight is 761 g/mol. The molecule has 9 nitrogen and oxygen atoms in total. The van der Waals surface area contributed by atoms with Crippen molar-refractivity contribution in [1.82, 2.24) is 0 Å². The van der Waals surface area contributed by atoms with E-state index >= 15 is 0 Å². The molecule has 0 aliphatic carbocycles. The van der Waals surface area contributed by atoms with Gasteiger partial charge in [-0.3, -0.25) is 4.79 Å². The summed E-state index contributed by atoms with van der Waals surface area (Å²) in [4.78, 5) is 24.5. The molecule has 5 aromatic carbocycles. The first-order chi connectivity index (χ1) is 27.4. The summed E-state index contributed by atoms with van der Waals surface area (Å²) in [7, 11) is 1.37. The van der Waals surface area contributed by atoms with Crippen LogP contribution in [-0.4, -0.2) is 56.7 Å². The van der Waals surface area contributed by atoms with E-state index in [9.17, 15) is 9.59 Å². The highest BCUT2D eigenvalue weighted by molar-refractivity contribution is 5.97. The molecule has 0 radical (unpaired) electrons. The molecule has 0 amide bonds. The third kappa shape index (κ3) is 10.8. The fraction of sp³-hybridized carbons (Fsp3) is 0.362. The molecule has 1 aliphatic rings. The molecular weight excluding hydrogens is 709 g/mol. The number of unbranched alkanes of at least 4 members (excludes halogenated alkanes) is 2. The highest BCUT2D eigenvalue weighted by Crippen LogP contribution is 2.44. The van der Waals surface area contributed by atoms with Gasteiger partial charge in [0.25, 0.3) is 0 Å². The SMILES string of the molecule is CCOC(=O)CCCCCOc1ccc2cc(C(=O)OC)ccc2c1[C@H]1O[C@@H](C)[C@@H](OCc2ccccc2)[C@@H](OCc2ccccc2)[C@@H]1OCc1ccccc1. The van der Waals surface area contributed by atoms with Gasteiger partial charge in [0.15, 0.2) is 0 Å². The predicted octanol–water partition coefficient (Wildman–Crippen LogP) is 9.34. The number of ether oxygens (including phenoxy) is 7. The maximum atomic E-state index is 12.6. The minimum absolute atomic E-state index is 0.184. The Morgan fingerprint density at radius 1 is 0.661 bits per heavy atom. The summed E-state index contributed by atoms with van der Waals surface area (Å²) in [5.41, 5.74) is 4.31. The van der Waals surface area contributed by atoms with E-state index in [0.29, 0.717) is 57.2 Å². The molecule has 9 heteroatoms. The summed E-state index contributed by atoms with van der Waals surface area (Å²) in [5, 5.41) is 1.68. The monoisotopic (exact) mass is 760 g/mol. The van der Waals surface area contributed by atoms with Gasteiger partial charge in [0.1, 0.15) is 30.2 Å². The molecule has 0 saturated carbocycles. The number of benzene rings is 5. The number of carbonyl (C=O) groups excluding carboxylic acids is 2. The van der Waals surface area contributed by atoms with Gasteiger partial charge >= 0.3 is 11.9 Å². The van der Waals surface area contributed by atoms with Gasteiger partial charge in [0.2, 0.25) is 0 Å². The van der Waals surface area contributed by atoms with Gasteiger partial charge in [-0.2, -0.15) is 0 Å². The van der Waals surface area contributed by atoms with E-state index in [0.717, 1.165) is 45.9 Å². The van der Waals surface area contributed by atoms with Gasteiger partial charge in [0.05, 0.1) is 51.8 Å². The van der Waals surface area contributed by atoms with Crippen molar-refractivity contribution in [2.24, 2.45) is 0 Å². The third-order valence-electron chi connectivity index (χ3n) is 9.94. The first-order valence-electron chi connectivity index (χ1n) is 19.5. The van der Waals surface area contributed by atoms with Crippen LogP contribution in [0.4, 0.5) is 0 Å². The summed E-state index contributed by atoms with van der Waals surface area (Å²) < 4.78 is 44.3. The summed E-state index contributed by atoms with van der Waals surface area (Å²) in [6, 6.07) is 39.6. The fourth-order valence-electron chi connectivity index (χ4n) is 7.11. The van der Waals surface area contributed by atoms with Crippen molar-refractivity contribution in [3.63, 3.8) is 0 Å². The molecule has 0 N–H and O–H groups in total. The van der Waals surface area contributed by atoms with Crippen LogP contribution in [0.5, 0.6) is 5.75 Å². The van der Waals surface area contributed by atoms with Crippen molar-refractivity contribution in [1.29, 1.82) is 0 Å². The molecule has 0 bridgehead atoms. The van der Waals surface area contributed by atoms with Gasteiger partial charge in [-0.15, -0.1) is 0 Å². The second-order valence-electron chi connectivity index (χ2n) is 13.9. The second kappa shape index (κ2) is 20.7. The molecule has 0 unspecified atom stereocenters. The Morgan fingerprint density at radius 2 is 1.25 bits per heavy atom. The Hall–Kier alpha value is -5.06. The lowest BCUT2D eigenvalue weighted by Crippen LogP contribution is -2.56. The zero-order valence-electron chi connectivity index (χ0n) is 32.5. The molecule has 5 aromatic rings. The lowest BCUT2D eigenvalue weighted by molar-refractivity contribution is -0.263. The molecule has 6 rings (SSSR count). The number of rotatable bonds is 19. The van der Waals surface area contributed by atoms with E-state index < -0.39 is 36.5 Å². The number of methoxy groups -OCH3 is 1. The summed E-state index contributed by atoms with van der Waals surface area (Å²) in [6.45, 7) is 5.65. The second-order valence-corrected chi connectivity index (χ2v) is 13.9. The summed E-state index contributed by atoms with van der Waals surface area (Å²) in [6.07, 6.45) is -0.118. The van der Waals surface area contributed by atoms with Gasteiger partial charge in [-0.25, -0.2) is 4.79 Å². The van der Waals surface area contributed by atoms with Crippen LogP contribution in [0.15, 0.2) is 121 Å². The summed E-state index contributed by atoms with van der Waals surface area (Å²) in [5.74, 6) is 0.0393. The van der Waals surface area contributed by atoms with Crippen LogP contribution in [0.1, 0.15) is 78.2 Å². The van der Waals surface area contributed by atoms with Crippen LogP contribution in [0, 0.1) is 0 Å². The Bertz CT molecular complexity index is 1970. The number of carbonyl (C=O) groups is 2. The van der Waals surface area contributed by atoms with Gasteiger partial charge in [-0.05, 0) is 78.8 Å². The normalized spacial score (nSPS) is 19.4. The van der Waals surface area contributed by atoms with Crippen molar-refractivity contribution in [3.05, 3.63) is 149 Å². The highest BCUT2D eigenvalue weighted by atomic mass is 16.6. The van der Waals surface area contributed by atoms with E-state index in [4.69, 9.17) is 33.2 Å². The molecule has 1 fully saturated rings. The standard InChI is InChI=1S/C47H52O9/c1-4-51-41(48)23-15-8-16-28-52-40-27-25-37-29-38(47(49)50-3)24-26-39(37)42(40)44-46(55-32-36-21-13-7-14-22-36)45(54-31-35-19-11-6-12-20-35)43(33(2)56-44)53-30-34-17-9-5-10-18-34/h5-7,9-14,17-22,24-27,29,33,43-46H,4,8,15-16,23,28,30-32H2,1-3H3/t33-,43+,44+,45+,46+/m0/s1. The maximum absolute atomic E-state index is 12.6. The minimum atomic E-state index is -0.655. The van der Waals surface area contributed by atoms with Crippen molar-refractivity contribution < 1.29 is 42.7 Å². The molecule has 0 spiro atoms. The molecule has 1 aliphatic heterocycles. The summed E-state index contributed by atoms with van der Waals surface area (Å²) >= 11 is 0. The van der Waals surface area contributed by atoms with Gasteiger partial charge in [0, 0.05) is 12.0 Å². The van der Waals surface area contributed by atoms with Crippen LogP contribution in [0.25, 0.3) is 10.8 Å².